The van der Waals surface area contributed by atoms with Crippen LogP contribution in [0.15, 0.2) is 53.4 Å². The number of amides is 1. The molecule has 0 bridgehead atoms. The van der Waals surface area contributed by atoms with E-state index in [-0.39, 0.29) is 5.91 Å². The number of carbonyl (C=O) groups excluding carboxylic acids is 2. The fourth-order valence-electron chi connectivity index (χ4n) is 1.98. The molecule has 0 saturated heterocycles. The minimum atomic E-state index is -0.441. The van der Waals surface area contributed by atoms with Gasteiger partial charge in [0.15, 0.2) is 0 Å². The highest BCUT2D eigenvalue weighted by molar-refractivity contribution is 7.99. The average molecular weight is 364 g/mol. The molecule has 126 valence electrons. The Labute approximate surface area is 150 Å². The number of benzene rings is 2. The predicted molar refractivity (Wildman–Crippen MR) is 97.8 cm³/mol. The van der Waals surface area contributed by atoms with E-state index in [1.807, 2.05) is 24.3 Å². The average Bonchev–Trinajstić information content (AvgIpc) is 2.57. The van der Waals surface area contributed by atoms with Crippen LogP contribution in [0.25, 0.3) is 0 Å². The van der Waals surface area contributed by atoms with Gasteiger partial charge in [0.25, 0.3) is 0 Å². The third-order valence-electron chi connectivity index (χ3n) is 3.11. The molecular weight excluding hydrogens is 346 g/mol. The van der Waals surface area contributed by atoms with E-state index >= 15 is 0 Å². The molecule has 0 atom stereocenters. The van der Waals surface area contributed by atoms with Crippen LogP contribution in [-0.4, -0.2) is 24.2 Å². The van der Waals surface area contributed by atoms with Gasteiger partial charge in [-0.2, -0.15) is 0 Å². The summed E-state index contributed by atoms with van der Waals surface area (Å²) in [5.74, 6) is 0.0480. The number of rotatable bonds is 7. The van der Waals surface area contributed by atoms with Crippen molar-refractivity contribution in [1.29, 1.82) is 0 Å². The van der Waals surface area contributed by atoms with Crippen molar-refractivity contribution in [3.63, 3.8) is 0 Å². The van der Waals surface area contributed by atoms with E-state index in [0.29, 0.717) is 35.1 Å². The van der Waals surface area contributed by atoms with Gasteiger partial charge in [0, 0.05) is 22.1 Å². The van der Waals surface area contributed by atoms with Crippen molar-refractivity contribution in [3.05, 3.63) is 59.1 Å². The number of halogens is 1. The molecule has 1 amide bonds. The first-order chi connectivity index (χ1) is 11.6. The van der Waals surface area contributed by atoms with Gasteiger partial charge < -0.3 is 10.1 Å². The molecule has 2 aromatic carbocycles. The molecule has 0 aliphatic heterocycles. The third-order valence-corrected chi connectivity index (χ3v) is 4.37. The van der Waals surface area contributed by atoms with Gasteiger partial charge in [0.1, 0.15) is 0 Å². The lowest BCUT2D eigenvalue weighted by Gasteiger charge is -2.10. The van der Waals surface area contributed by atoms with Crippen LogP contribution in [0.5, 0.6) is 0 Å². The second-order valence-corrected chi connectivity index (χ2v) is 6.47. The molecule has 0 saturated carbocycles. The maximum Gasteiger partial charge on any atom is 0.340 e. The van der Waals surface area contributed by atoms with Crippen molar-refractivity contribution in [2.24, 2.45) is 0 Å². The smallest absolute Gasteiger partial charge is 0.340 e. The molecule has 0 unspecified atom stereocenters. The van der Waals surface area contributed by atoms with Crippen molar-refractivity contribution in [2.75, 3.05) is 17.7 Å². The second kappa shape index (κ2) is 9.35. The van der Waals surface area contributed by atoms with Crippen LogP contribution >= 0.6 is 23.4 Å². The van der Waals surface area contributed by atoms with E-state index in [9.17, 15) is 9.59 Å². The first kappa shape index (κ1) is 18.4. The number of esters is 1. The summed E-state index contributed by atoms with van der Waals surface area (Å²) in [5.41, 5.74) is 0.829. The number of anilines is 1. The molecule has 0 fully saturated rings. The summed E-state index contributed by atoms with van der Waals surface area (Å²) in [6.45, 7) is 2.03. The van der Waals surface area contributed by atoms with E-state index in [1.54, 1.807) is 43.0 Å². The van der Waals surface area contributed by atoms with Crippen molar-refractivity contribution in [1.82, 2.24) is 0 Å². The molecule has 1 N–H and O–H groups in total. The Kier molecular flexibility index (Phi) is 7.15. The number of hydrogen-bond acceptors (Lipinski definition) is 4. The lowest BCUT2D eigenvalue weighted by molar-refractivity contribution is -0.115. The van der Waals surface area contributed by atoms with E-state index < -0.39 is 5.97 Å². The largest absolute Gasteiger partial charge is 0.462 e. The standard InChI is InChI=1S/C18H18ClNO3S/c1-2-23-18(22)15-5-3-4-6-16(15)20-17(21)11-12-24-14-9-7-13(19)8-10-14/h3-10H,2,11-12H2,1H3,(H,20,21). The summed E-state index contributed by atoms with van der Waals surface area (Å²) < 4.78 is 4.99. The Balaban J connectivity index is 1.88. The van der Waals surface area contributed by atoms with Gasteiger partial charge in [0.05, 0.1) is 17.9 Å². The third kappa shape index (κ3) is 5.58. The van der Waals surface area contributed by atoms with Gasteiger partial charge in [-0.15, -0.1) is 11.8 Å². The van der Waals surface area contributed by atoms with Crippen LogP contribution in [0, 0.1) is 0 Å². The summed E-state index contributed by atoms with van der Waals surface area (Å²) in [6.07, 6.45) is 0.338. The first-order valence-electron chi connectivity index (χ1n) is 7.54. The van der Waals surface area contributed by atoms with E-state index in [1.165, 1.54) is 0 Å². The number of ether oxygens (including phenoxy) is 1. The maximum atomic E-state index is 12.1. The number of para-hydroxylation sites is 1. The van der Waals surface area contributed by atoms with Crippen LogP contribution in [0.1, 0.15) is 23.7 Å². The molecule has 0 aliphatic rings. The summed E-state index contributed by atoms with van der Waals surface area (Å²) in [5, 5.41) is 3.46. The van der Waals surface area contributed by atoms with Crippen molar-refractivity contribution in [3.8, 4) is 0 Å². The lowest BCUT2D eigenvalue weighted by atomic mass is 10.1. The van der Waals surface area contributed by atoms with Gasteiger partial charge in [0.2, 0.25) is 5.91 Å². The molecule has 2 rings (SSSR count). The molecule has 0 heterocycles. The molecule has 2 aromatic rings. The van der Waals surface area contributed by atoms with Crippen LogP contribution in [-0.2, 0) is 9.53 Å². The predicted octanol–water partition coefficient (Wildman–Crippen LogP) is 4.64. The zero-order valence-electron chi connectivity index (χ0n) is 13.3. The molecule has 6 heteroatoms. The molecule has 4 nitrogen and oxygen atoms in total. The zero-order valence-corrected chi connectivity index (χ0v) is 14.8. The lowest BCUT2D eigenvalue weighted by Crippen LogP contribution is -2.16. The minimum absolute atomic E-state index is 0.145. The summed E-state index contributed by atoms with van der Waals surface area (Å²) in [6, 6.07) is 14.3. The quantitative estimate of drug-likeness (QED) is 0.575. The Morgan fingerprint density at radius 3 is 2.54 bits per heavy atom. The monoisotopic (exact) mass is 363 g/mol. The normalized spacial score (nSPS) is 10.2. The summed E-state index contributed by atoms with van der Waals surface area (Å²) in [4.78, 5) is 25.0. The molecule has 0 radical (unpaired) electrons. The SMILES string of the molecule is CCOC(=O)c1ccccc1NC(=O)CCSc1ccc(Cl)cc1. The molecule has 0 aliphatic carbocycles. The number of nitrogens with one attached hydrogen (secondary N) is 1. The van der Waals surface area contributed by atoms with Gasteiger partial charge in [-0.1, -0.05) is 23.7 Å². The second-order valence-electron chi connectivity index (χ2n) is 4.87. The Morgan fingerprint density at radius 1 is 1.12 bits per heavy atom. The van der Waals surface area contributed by atoms with Crippen molar-refractivity contribution < 1.29 is 14.3 Å². The molecule has 24 heavy (non-hydrogen) atoms. The molecule has 0 spiro atoms. The molecule has 0 aromatic heterocycles. The van der Waals surface area contributed by atoms with Gasteiger partial charge in [-0.05, 0) is 43.3 Å². The van der Waals surface area contributed by atoms with Crippen LogP contribution in [0.4, 0.5) is 5.69 Å². The van der Waals surface area contributed by atoms with Gasteiger partial charge in [-0.25, -0.2) is 4.79 Å². The van der Waals surface area contributed by atoms with Crippen molar-refractivity contribution >= 4 is 40.9 Å². The maximum absolute atomic E-state index is 12.1. The molecular formula is C18H18ClNO3S. The Morgan fingerprint density at radius 2 is 1.83 bits per heavy atom. The van der Waals surface area contributed by atoms with Crippen molar-refractivity contribution in [2.45, 2.75) is 18.2 Å². The topological polar surface area (TPSA) is 55.4 Å². The number of thioether (sulfide) groups is 1. The Hall–Kier alpha value is -1.98. The fraction of sp³-hybridized carbons (Fsp3) is 0.222. The highest BCUT2D eigenvalue weighted by atomic mass is 35.5. The van der Waals surface area contributed by atoms with E-state index in [0.717, 1.165) is 4.90 Å². The van der Waals surface area contributed by atoms with Gasteiger partial charge >= 0.3 is 5.97 Å². The summed E-state index contributed by atoms with van der Waals surface area (Å²) >= 11 is 7.41. The Bertz CT molecular complexity index is 704. The zero-order chi connectivity index (χ0) is 17.4. The van der Waals surface area contributed by atoms with Gasteiger partial charge in [-0.3, -0.25) is 4.79 Å². The number of carbonyl (C=O) groups is 2. The van der Waals surface area contributed by atoms with Crippen LogP contribution < -0.4 is 5.32 Å². The van der Waals surface area contributed by atoms with E-state index in [4.69, 9.17) is 16.3 Å². The van der Waals surface area contributed by atoms with Crippen LogP contribution in [0.3, 0.4) is 0 Å². The number of hydrogen-bond donors (Lipinski definition) is 1. The highest BCUT2D eigenvalue weighted by Gasteiger charge is 2.13. The first-order valence-corrected chi connectivity index (χ1v) is 8.91. The minimum Gasteiger partial charge on any atom is -0.462 e. The highest BCUT2D eigenvalue weighted by Crippen LogP contribution is 2.22. The summed E-state index contributed by atoms with van der Waals surface area (Å²) in [7, 11) is 0. The fourth-order valence-corrected chi connectivity index (χ4v) is 2.96. The van der Waals surface area contributed by atoms with E-state index in [2.05, 4.69) is 5.32 Å². The van der Waals surface area contributed by atoms with Crippen LogP contribution in [0.2, 0.25) is 5.02 Å².